The second-order valence-corrected chi connectivity index (χ2v) is 6.39. The molecule has 1 saturated carbocycles. The summed E-state index contributed by atoms with van der Waals surface area (Å²) in [5, 5.41) is 3.46. The van der Waals surface area contributed by atoms with Gasteiger partial charge in [0, 0.05) is 0 Å². The average Bonchev–Trinajstić information content (AvgIpc) is 2.29. The van der Waals surface area contributed by atoms with Crippen molar-refractivity contribution in [2.75, 3.05) is 13.2 Å². The molecule has 0 aromatic rings. The molecule has 2 atom stereocenters. The van der Waals surface area contributed by atoms with Crippen LogP contribution in [-0.4, -0.2) is 24.7 Å². The van der Waals surface area contributed by atoms with E-state index in [2.05, 4.69) is 33.0 Å². The topological polar surface area (TPSA) is 38.3 Å². The van der Waals surface area contributed by atoms with E-state index in [-0.39, 0.29) is 11.4 Å². The molecule has 0 spiro atoms. The molecule has 2 unspecified atom stereocenters. The Morgan fingerprint density at radius 1 is 1.33 bits per heavy atom. The first kappa shape index (κ1) is 15.5. The molecule has 0 aromatic carbocycles. The lowest BCUT2D eigenvalue weighted by Crippen LogP contribution is -2.62. The fraction of sp³-hybridized carbons (Fsp3) is 0.933. The molecule has 18 heavy (non-hydrogen) atoms. The van der Waals surface area contributed by atoms with Crippen molar-refractivity contribution in [1.82, 2.24) is 5.32 Å². The van der Waals surface area contributed by atoms with E-state index in [1.165, 1.54) is 6.42 Å². The van der Waals surface area contributed by atoms with Crippen LogP contribution in [0.15, 0.2) is 0 Å². The van der Waals surface area contributed by atoms with E-state index in [1.54, 1.807) is 0 Å². The largest absolute Gasteiger partial charge is 0.465 e. The number of ether oxygens (including phenoxy) is 1. The summed E-state index contributed by atoms with van der Waals surface area (Å²) >= 11 is 0. The van der Waals surface area contributed by atoms with Crippen LogP contribution < -0.4 is 5.32 Å². The monoisotopic (exact) mass is 255 g/mol. The van der Waals surface area contributed by atoms with Gasteiger partial charge in [-0.25, -0.2) is 0 Å². The number of carbonyl (C=O) groups excluding carboxylic acids is 1. The number of hydrogen-bond acceptors (Lipinski definition) is 3. The molecule has 0 bridgehead atoms. The first-order chi connectivity index (χ1) is 8.38. The van der Waals surface area contributed by atoms with Crippen LogP contribution >= 0.6 is 0 Å². The highest BCUT2D eigenvalue weighted by molar-refractivity contribution is 5.81. The summed E-state index contributed by atoms with van der Waals surface area (Å²) in [5.74, 6) is 0.296. The summed E-state index contributed by atoms with van der Waals surface area (Å²) < 4.78 is 5.36. The second kappa shape index (κ2) is 6.05. The zero-order valence-electron chi connectivity index (χ0n) is 12.6. The van der Waals surface area contributed by atoms with Gasteiger partial charge in [0.25, 0.3) is 0 Å². The van der Waals surface area contributed by atoms with Crippen LogP contribution in [0.25, 0.3) is 0 Å². The van der Waals surface area contributed by atoms with E-state index in [0.29, 0.717) is 12.5 Å². The molecule has 0 aliphatic heterocycles. The van der Waals surface area contributed by atoms with Gasteiger partial charge in [-0.2, -0.15) is 0 Å². The molecule has 1 aliphatic rings. The van der Waals surface area contributed by atoms with E-state index in [0.717, 1.165) is 25.8 Å². The standard InChI is InChI=1S/C15H29NO2/c1-6-16-15(13(17)18-7-2)11-9-8-10-12(15)14(3,4)5/h12,16H,6-11H2,1-5H3. The number of likely N-dealkylation sites (N-methyl/N-ethyl adjacent to an activating group) is 1. The Hall–Kier alpha value is -0.570. The van der Waals surface area contributed by atoms with Gasteiger partial charge < -0.3 is 10.1 Å². The minimum absolute atomic E-state index is 0.0496. The second-order valence-electron chi connectivity index (χ2n) is 6.39. The lowest BCUT2D eigenvalue weighted by Gasteiger charge is -2.48. The van der Waals surface area contributed by atoms with Gasteiger partial charge in [-0.05, 0) is 37.6 Å². The lowest BCUT2D eigenvalue weighted by atomic mass is 9.62. The van der Waals surface area contributed by atoms with Gasteiger partial charge in [-0.3, -0.25) is 4.79 Å². The highest BCUT2D eigenvalue weighted by atomic mass is 16.5. The molecule has 0 radical (unpaired) electrons. The van der Waals surface area contributed by atoms with Gasteiger partial charge >= 0.3 is 5.97 Å². The molecule has 1 aliphatic carbocycles. The molecular formula is C15H29NO2. The summed E-state index contributed by atoms with van der Waals surface area (Å²) in [6, 6.07) is 0. The molecular weight excluding hydrogens is 226 g/mol. The first-order valence-electron chi connectivity index (χ1n) is 7.30. The molecule has 3 heteroatoms. The van der Waals surface area contributed by atoms with Crippen LogP contribution in [-0.2, 0) is 9.53 Å². The maximum absolute atomic E-state index is 12.5. The fourth-order valence-corrected chi connectivity index (χ4v) is 3.45. The Morgan fingerprint density at radius 2 is 2.00 bits per heavy atom. The quantitative estimate of drug-likeness (QED) is 0.784. The Labute approximate surface area is 112 Å². The van der Waals surface area contributed by atoms with E-state index in [1.807, 2.05) is 6.92 Å². The van der Waals surface area contributed by atoms with Crippen molar-refractivity contribution < 1.29 is 9.53 Å². The minimum atomic E-state index is -0.471. The van der Waals surface area contributed by atoms with Crippen LogP contribution in [0.3, 0.4) is 0 Å². The Morgan fingerprint density at radius 3 is 2.50 bits per heavy atom. The summed E-state index contributed by atoms with van der Waals surface area (Å²) in [6.07, 6.45) is 4.34. The van der Waals surface area contributed by atoms with E-state index >= 15 is 0 Å². The van der Waals surface area contributed by atoms with Crippen LogP contribution in [0.4, 0.5) is 0 Å². The highest BCUT2D eigenvalue weighted by Gasteiger charge is 2.51. The van der Waals surface area contributed by atoms with Gasteiger partial charge in [-0.1, -0.05) is 40.5 Å². The maximum Gasteiger partial charge on any atom is 0.326 e. The zero-order valence-corrected chi connectivity index (χ0v) is 12.6. The molecule has 0 amide bonds. The van der Waals surface area contributed by atoms with Crippen LogP contribution in [0, 0.1) is 11.3 Å². The van der Waals surface area contributed by atoms with Crippen molar-refractivity contribution in [2.45, 2.75) is 65.8 Å². The number of rotatable bonds is 4. The van der Waals surface area contributed by atoms with Crippen molar-refractivity contribution in [3.63, 3.8) is 0 Å². The van der Waals surface area contributed by atoms with Crippen molar-refractivity contribution in [3.8, 4) is 0 Å². The third kappa shape index (κ3) is 3.05. The minimum Gasteiger partial charge on any atom is -0.465 e. The molecule has 1 rings (SSSR count). The lowest BCUT2D eigenvalue weighted by molar-refractivity contribution is -0.158. The van der Waals surface area contributed by atoms with Crippen molar-refractivity contribution in [2.24, 2.45) is 11.3 Å². The van der Waals surface area contributed by atoms with E-state index in [9.17, 15) is 4.79 Å². The number of esters is 1. The average molecular weight is 255 g/mol. The molecule has 0 aromatic heterocycles. The third-order valence-corrected chi connectivity index (χ3v) is 4.09. The fourth-order valence-electron chi connectivity index (χ4n) is 3.45. The Bertz CT molecular complexity index is 279. The number of carbonyl (C=O) groups is 1. The predicted octanol–water partition coefficient (Wildman–Crippen LogP) is 3.13. The molecule has 0 saturated heterocycles. The van der Waals surface area contributed by atoms with Crippen LogP contribution in [0.5, 0.6) is 0 Å². The molecule has 0 heterocycles. The van der Waals surface area contributed by atoms with Crippen molar-refractivity contribution >= 4 is 5.97 Å². The smallest absolute Gasteiger partial charge is 0.326 e. The normalized spacial score (nSPS) is 29.1. The zero-order chi connectivity index (χ0) is 13.8. The van der Waals surface area contributed by atoms with Gasteiger partial charge in [0.2, 0.25) is 0 Å². The summed E-state index contributed by atoms with van der Waals surface area (Å²) in [5.41, 5.74) is -0.351. The van der Waals surface area contributed by atoms with Gasteiger partial charge in [0.15, 0.2) is 0 Å². The number of hydrogen-bond donors (Lipinski definition) is 1. The Balaban J connectivity index is 3.06. The van der Waals surface area contributed by atoms with E-state index < -0.39 is 5.54 Å². The number of nitrogens with one attached hydrogen (secondary N) is 1. The summed E-state index contributed by atoms with van der Waals surface area (Å²) in [6.45, 7) is 11.9. The predicted molar refractivity (Wildman–Crippen MR) is 74.5 cm³/mol. The summed E-state index contributed by atoms with van der Waals surface area (Å²) in [4.78, 5) is 12.5. The van der Waals surface area contributed by atoms with Gasteiger partial charge in [0.05, 0.1) is 6.61 Å². The van der Waals surface area contributed by atoms with E-state index in [4.69, 9.17) is 4.74 Å². The van der Waals surface area contributed by atoms with Gasteiger partial charge in [-0.15, -0.1) is 0 Å². The highest BCUT2D eigenvalue weighted by Crippen LogP contribution is 2.45. The SMILES string of the molecule is CCNC1(C(=O)OCC)CCCCC1C(C)(C)C. The molecule has 1 fully saturated rings. The Kier molecular flexibility index (Phi) is 5.20. The molecule has 1 N–H and O–H groups in total. The third-order valence-electron chi connectivity index (χ3n) is 4.09. The summed E-state index contributed by atoms with van der Waals surface area (Å²) in [7, 11) is 0. The van der Waals surface area contributed by atoms with Crippen molar-refractivity contribution in [3.05, 3.63) is 0 Å². The molecule has 106 valence electrons. The van der Waals surface area contributed by atoms with Crippen molar-refractivity contribution in [1.29, 1.82) is 0 Å². The van der Waals surface area contributed by atoms with Crippen LogP contribution in [0.1, 0.15) is 60.3 Å². The van der Waals surface area contributed by atoms with Gasteiger partial charge in [0.1, 0.15) is 5.54 Å². The first-order valence-corrected chi connectivity index (χ1v) is 7.30. The maximum atomic E-state index is 12.5. The van der Waals surface area contributed by atoms with Crippen LogP contribution in [0.2, 0.25) is 0 Å². The molecule has 3 nitrogen and oxygen atoms in total.